The van der Waals surface area contributed by atoms with Crippen LogP contribution in [0.1, 0.15) is 40.5 Å². The summed E-state index contributed by atoms with van der Waals surface area (Å²) >= 11 is 0. The SMILES string of the molecule is CCC#CCC(C)C(C)C(C)F. The molecule has 3 unspecified atom stereocenters. The Bertz CT molecular complexity index is 162. The molecule has 0 amide bonds. The summed E-state index contributed by atoms with van der Waals surface area (Å²) < 4.78 is 12.8. The molecular weight excluding hydrogens is 151 g/mol. The van der Waals surface area contributed by atoms with Gasteiger partial charge in [-0.3, -0.25) is 0 Å². The molecule has 0 aliphatic rings. The highest BCUT2D eigenvalue weighted by Crippen LogP contribution is 2.19. The van der Waals surface area contributed by atoms with Crippen LogP contribution in [0.15, 0.2) is 0 Å². The third-order valence-corrected chi connectivity index (χ3v) is 2.35. The Morgan fingerprint density at radius 2 is 1.75 bits per heavy atom. The number of halogens is 1. The van der Waals surface area contributed by atoms with E-state index in [1.807, 2.05) is 13.8 Å². The quantitative estimate of drug-likeness (QED) is 0.569. The van der Waals surface area contributed by atoms with E-state index in [4.69, 9.17) is 0 Å². The van der Waals surface area contributed by atoms with Gasteiger partial charge in [0, 0.05) is 12.8 Å². The fraction of sp³-hybridized carbons (Fsp3) is 0.818. The zero-order chi connectivity index (χ0) is 9.56. The molecule has 0 aromatic heterocycles. The molecule has 0 rings (SSSR count). The Kier molecular flexibility index (Phi) is 5.80. The molecule has 0 aliphatic heterocycles. The third kappa shape index (κ3) is 4.38. The van der Waals surface area contributed by atoms with Crippen molar-refractivity contribution >= 4 is 0 Å². The van der Waals surface area contributed by atoms with Crippen LogP contribution in [0.5, 0.6) is 0 Å². The van der Waals surface area contributed by atoms with Gasteiger partial charge in [0.15, 0.2) is 0 Å². The molecule has 12 heavy (non-hydrogen) atoms. The van der Waals surface area contributed by atoms with Gasteiger partial charge in [0.1, 0.15) is 6.17 Å². The molecule has 0 fully saturated rings. The first-order valence-corrected chi connectivity index (χ1v) is 4.69. The number of hydrogen-bond acceptors (Lipinski definition) is 0. The van der Waals surface area contributed by atoms with Crippen LogP contribution in [0.25, 0.3) is 0 Å². The van der Waals surface area contributed by atoms with Crippen LogP contribution in [-0.4, -0.2) is 6.17 Å². The molecule has 0 aliphatic carbocycles. The zero-order valence-electron chi connectivity index (χ0n) is 8.52. The molecule has 0 N–H and O–H groups in total. The first-order valence-electron chi connectivity index (χ1n) is 4.69. The van der Waals surface area contributed by atoms with Gasteiger partial charge in [-0.1, -0.05) is 20.8 Å². The summed E-state index contributed by atoms with van der Waals surface area (Å²) in [5.41, 5.74) is 0. The van der Waals surface area contributed by atoms with E-state index < -0.39 is 6.17 Å². The van der Waals surface area contributed by atoms with Crippen LogP contribution >= 0.6 is 0 Å². The van der Waals surface area contributed by atoms with Gasteiger partial charge in [0.25, 0.3) is 0 Å². The normalized spacial score (nSPS) is 17.4. The Morgan fingerprint density at radius 1 is 1.17 bits per heavy atom. The first kappa shape index (κ1) is 11.5. The summed E-state index contributed by atoms with van der Waals surface area (Å²) in [5, 5.41) is 0. The molecular formula is C11H19F. The summed E-state index contributed by atoms with van der Waals surface area (Å²) in [5.74, 6) is 6.54. The molecule has 1 heteroatoms. The van der Waals surface area contributed by atoms with E-state index in [2.05, 4.69) is 18.8 Å². The van der Waals surface area contributed by atoms with Crippen molar-refractivity contribution in [1.29, 1.82) is 0 Å². The maximum absolute atomic E-state index is 12.8. The van der Waals surface area contributed by atoms with Crippen LogP contribution in [0, 0.1) is 23.7 Å². The Labute approximate surface area is 75.6 Å². The average Bonchev–Trinajstić information content (AvgIpc) is 2.03. The number of alkyl halides is 1. The van der Waals surface area contributed by atoms with Crippen molar-refractivity contribution in [3.63, 3.8) is 0 Å². The lowest BCUT2D eigenvalue weighted by atomic mass is 9.90. The third-order valence-electron chi connectivity index (χ3n) is 2.35. The van der Waals surface area contributed by atoms with E-state index in [0.717, 1.165) is 12.8 Å². The summed E-state index contributed by atoms with van der Waals surface area (Å²) in [6.07, 6.45) is 0.999. The molecule has 0 aromatic rings. The van der Waals surface area contributed by atoms with Crippen molar-refractivity contribution in [3.8, 4) is 11.8 Å². The Hall–Kier alpha value is -0.510. The molecule has 3 atom stereocenters. The lowest BCUT2D eigenvalue weighted by molar-refractivity contribution is 0.207. The van der Waals surface area contributed by atoms with Crippen molar-refractivity contribution in [1.82, 2.24) is 0 Å². The average molecular weight is 170 g/mol. The topological polar surface area (TPSA) is 0 Å². The minimum Gasteiger partial charge on any atom is -0.247 e. The number of rotatable bonds is 3. The second kappa shape index (κ2) is 6.06. The highest BCUT2D eigenvalue weighted by molar-refractivity contribution is 4.99. The van der Waals surface area contributed by atoms with E-state index in [-0.39, 0.29) is 5.92 Å². The van der Waals surface area contributed by atoms with Crippen molar-refractivity contribution < 1.29 is 4.39 Å². The standard InChI is InChI=1S/C11H19F/c1-5-6-7-8-9(2)10(3)11(4)12/h9-11H,5,8H2,1-4H3. The molecule has 0 saturated carbocycles. The molecule has 0 aromatic carbocycles. The minimum atomic E-state index is -0.719. The van der Waals surface area contributed by atoms with Crippen molar-refractivity contribution in [2.45, 2.75) is 46.7 Å². The predicted molar refractivity (Wildman–Crippen MR) is 51.6 cm³/mol. The molecule has 0 saturated heterocycles. The van der Waals surface area contributed by atoms with E-state index in [9.17, 15) is 4.39 Å². The van der Waals surface area contributed by atoms with Gasteiger partial charge in [0.05, 0.1) is 0 Å². The van der Waals surface area contributed by atoms with Crippen molar-refractivity contribution in [2.24, 2.45) is 11.8 Å². The van der Waals surface area contributed by atoms with Crippen LogP contribution in [0.2, 0.25) is 0 Å². The fourth-order valence-corrected chi connectivity index (χ4v) is 0.997. The highest BCUT2D eigenvalue weighted by atomic mass is 19.1. The maximum atomic E-state index is 12.8. The monoisotopic (exact) mass is 170 g/mol. The zero-order valence-corrected chi connectivity index (χ0v) is 8.52. The summed E-state index contributed by atoms with van der Waals surface area (Å²) in [7, 11) is 0. The van der Waals surface area contributed by atoms with E-state index in [0.29, 0.717) is 5.92 Å². The largest absolute Gasteiger partial charge is 0.247 e. The minimum absolute atomic E-state index is 0.121. The molecule has 0 heterocycles. The van der Waals surface area contributed by atoms with Gasteiger partial charge >= 0.3 is 0 Å². The van der Waals surface area contributed by atoms with Gasteiger partial charge in [-0.05, 0) is 18.8 Å². The summed E-state index contributed by atoms with van der Waals surface area (Å²) in [6, 6.07) is 0. The smallest absolute Gasteiger partial charge is 0.100 e. The molecule has 70 valence electrons. The second-order valence-electron chi connectivity index (χ2n) is 3.43. The summed E-state index contributed by atoms with van der Waals surface area (Å²) in [4.78, 5) is 0. The van der Waals surface area contributed by atoms with Gasteiger partial charge in [-0.15, -0.1) is 11.8 Å². The van der Waals surface area contributed by atoms with E-state index >= 15 is 0 Å². The Balaban J connectivity index is 3.78. The van der Waals surface area contributed by atoms with Gasteiger partial charge in [-0.25, -0.2) is 4.39 Å². The number of hydrogen-bond donors (Lipinski definition) is 0. The van der Waals surface area contributed by atoms with Crippen LogP contribution in [-0.2, 0) is 0 Å². The van der Waals surface area contributed by atoms with Crippen LogP contribution in [0.3, 0.4) is 0 Å². The van der Waals surface area contributed by atoms with E-state index in [1.165, 1.54) is 0 Å². The predicted octanol–water partition coefficient (Wildman–Crippen LogP) is 3.42. The highest BCUT2D eigenvalue weighted by Gasteiger charge is 2.17. The van der Waals surface area contributed by atoms with Gasteiger partial charge < -0.3 is 0 Å². The molecule has 0 spiro atoms. The molecule has 0 radical (unpaired) electrons. The van der Waals surface area contributed by atoms with Gasteiger partial charge in [-0.2, -0.15) is 0 Å². The first-order chi connectivity index (χ1) is 5.59. The Morgan fingerprint density at radius 3 is 2.17 bits per heavy atom. The van der Waals surface area contributed by atoms with Crippen molar-refractivity contribution in [2.75, 3.05) is 0 Å². The molecule has 0 nitrogen and oxygen atoms in total. The lowest BCUT2D eigenvalue weighted by Crippen LogP contribution is -2.16. The second-order valence-corrected chi connectivity index (χ2v) is 3.43. The molecule has 0 bridgehead atoms. The van der Waals surface area contributed by atoms with Gasteiger partial charge in [0.2, 0.25) is 0 Å². The van der Waals surface area contributed by atoms with Crippen LogP contribution < -0.4 is 0 Å². The van der Waals surface area contributed by atoms with Crippen LogP contribution in [0.4, 0.5) is 4.39 Å². The summed E-state index contributed by atoms with van der Waals surface area (Å²) in [6.45, 7) is 7.65. The van der Waals surface area contributed by atoms with Crippen molar-refractivity contribution in [3.05, 3.63) is 0 Å². The lowest BCUT2D eigenvalue weighted by Gasteiger charge is -2.18. The maximum Gasteiger partial charge on any atom is 0.100 e. The van der Waals surface area contributed by atoms with E-state index in [1.54, 1.807) is 6.92 Å². The fourth-order valence-electron chi connectivity index (χ4n) is 0.997.